The molecule has 0 aliphatic carbocycles. The third-order valence-corrected chi connectivity index (χ3v) is 2.58. The number of rotatable bonds is 5. The Kier molecular flexibility index (Phi) is 4.74. The van der Waals surface area contributed by atoms with Gasteiger partial charge in [-0.1, -0.05) is 20.8 Å². The van der Waals surface area contributed by atoms with Crippen LogP contribution in [-0.4, -0.2) is 23.7 Å². The lowest BCUT2D eigenvalue weighted by Crippen LogP contribution is -2.22. The van der Waals surface area contributed by atoms with E-state index in [1.54, 1.807) is 0 Å². The summed E-state index contributed by atoms with van der Waals surface area (Å²) in [6, 6.07) is 3.92. The van der Waals surface area contributed by atoms with Gasteiger partial charge in [-0.2, -0.15) is 0 Å². The van der Waals surface area contributed by atoms with Gasteiger partial charge in [-0.25, -0.2) is 0 Å². The average Bonchev–Trinajstić information content (AvgIpc) is 2.27. The Labute approximate surface area is 98.1 Å². The van der Waals surface area contributed by atoms with Gasteiger partial charge in [0.15, 0.2) is 0 Å². The molecule has 1 aromatic rings. The molecule has 1 N–H and O–H groups in total. The van der Waals surface area contributed by atoms with Crippen LogP contribution in [-0.2, 0) is 0 Å². The Morgan fingerprint density at radius 3 is 2.50 bits per heavy atom. The summed E-state index contributed by atoms with van der Waals surface area (Å²) in [6.07, 6.45) is 2.09. The summed E-state index contributed by atoms with van der Waals surface area (Å²) < 4.78 is 0. The Balaban J connectivity index is 2.70. The first-order valence-electron chi connectivity index (χ1n) is 5.89. The third kappa shape index (κ3) is 3.49. The first-order chi connectivity index (χ1) is 7.54. The van der Waals surface area contributed by atoms with Gasteiger partial charge in [-0.15, -0.1) is 0 Å². The minimum Gasteiger partial charge on any atom is -0.387 e. The number of aliphatic hydroxyl groups is 1. The number of pyridine rings is 1. The molecule has 1 aromatic heterocycles. The monoisotopic (exact) mass is 222 g/mol. The smallest absolute Gasteiger partial charge is 0.0957 e. The first-order valence-corrected chi connectivity index (χ1v) is 5.89. The molecule has 3 nitrogen and oxygen atoms in total. The van der Waals surface area contributed by atoms with Gasteiger partial charge in [0.2, 0.25) is 0 Å². The third-order valence-electron chi connectivity index (χ3n) is 2.58. The quantitative estimate of drug-likeness (QED) is 0.832. The molecule has 0 saturated heterocycles. The molecule has 90 valence electrons. The molecule has 0 bridgehead atoms. The normalized spacial score (nSPS) is 12.9. The maximum absolute atomic E-state index is 9.63. The van der Waals surface area contributed by atoms with Crippen molar-refractivity contribution in [3.63, 3.8) is 0 Å². The predicted molar refractivity (Wildman–Crippen MR) is 67.6 cm³/mol. The Bertz CT molecular complexity index is 308. The van der Waals surface area contributed by atoms with Crippen molar-refractivity contribution in [2.24, 2.45) is 5.92 Å². The van der Waals surface area contributed by atoms with Crippen LogP contribution in [0.15, 0.2) is 18.3 Å². The van der Waals surface area contributed by atoms with E-state index in [2.05, 4.69) is 30.8 Å². The molecular weight excluding hydrogens is 200 g/mol. The highest BCUT2D eigenvalue weighted by molar-refractivity contribution is 5.43. The minimum atomic E-state index is -0.440. The van der Waals surface area contributed by atoms with E-state index in [0.717, 1.165) is 17.9 Å². The van der Waals surface area contributed by atoms with Crippen LogP contribution < -0.4 is 4.90 Å². The maximum Gasteiger partial charge on any atom is 0.0957 e. The fourth-order valence-electron chi connectivity index (χ4n) is 1.68. The van der Waals surface area contributed by atoms with Gasteiger partial charge in [-0.3, -0.25) is 4.98 Å². The van der Waals surface area contributed by atoms with Crippen molar-refractivity contribution >= 4 is 5.69 Å². The molecule has 0 unspecified atom stereocenters. The summed E-state index contributed by atoms with van der Waals surface area (Å²) >= 11 is 0. The second-order valence-corrected chi connectivity index (χ2v) is 4.64. The van der Waals surface area contributed by atoms with Crippen molar-refractivity contribution in [2.45, 2.75) is 33.3 Å². The second-order valence-electron chi connectivity index (χ2n) is 4.64. The second kappa shape index (κ2) is 5.85. The van der Waals surface area contributed by atoms with Gasteiger partial charge in [0.1, 0.15) is 0 Å². The molecule has 1 rings (SSSR count). The zero-order valence-corrected chi connectivity index (χ0v) is 10.6. The molecule has 3 heteroatoms. The SMILES string of the molecule is CC[C@H](O)c1ccc(N(C)CC(C)C)cn1. The lowest BCUT2D eigenvalue weighted by molar-refractivity contribution is 0.169. The molecule has 0 spiro atoms. The van der Waals surface area contributed by atoms with Crippen LogP contribution in [0.2, 0.25) is 0 Å². The summed E-state index contributed by atoms with van der Waals surface area (Å²) in [4.78, 5) is 6.47. The molecule has 0 radical (unpaired) electrons. The summed E-state index contributed by atoms with van der Waals surface area (Å²) in [7, 11) is 2.06. The largest absolute Gasteiger partial charge is 0.387 e. The predicted octanol–water partition coefficient (Wildman–Crippen LogP) is 2.62. The van der Waals surface area contributed by atoms with Crippen molar-refractivity contribution in [1.82, 2.24) is 4.98 Å². The number of hydrogen-bond donors (Lipinski definition) is 1. The van der Waals surface area contributed by atoms with Gasteiger partial charge >= 0.3 is 0 Å². The Morgan fingerprint density at radius 1 is 1.38 bits per heavy atom. The highest BCUT2D eigenvalue weighted by atomic mass is 16.3. The van der Waals surface area contributed by atoms with Crippen molar-refractivity contribution in [2.75, 3.05) is 18.5 Å². The molecule has 0 aliphatic heterocycles. The van der Waals surface area contributed by atoms with E-state index < -0.39 is 6.10 Å². The van der Waals surface area contributed by atoms with E-state index in [-0.39, 0.29) is 0 Å². The van der Waals surface area contributed by atoms with Crippen LogP contribution in [0.25, 0.3) is 0 Å². The topological polar surface area (TPSA) is 36.4 Å². The van der Waals surface area contributed by atoms with E-state index in [1.807, 2.05) is 25.3 Å². The van der Waals surface area contributed by atoms with Gasteiger partial charge in [0.05, 0.1) is 23.7 Å². The number of aromatic nitrogens is 1. The Hall–Kier alpha value is -1.09. The Morgan fingerprint density at radius 2 is 2.06 bits per heavy atom. The maximum atomic E-state index is 9.63. The molecule has 0 aromatic carbocycles. The van der Waals surface area contributed by atoms with Crippen LogP contribution in [0.4, 0.5) is 5.69 Å². The number of aliphatic hydroxyl groups excluding tert-OH is 1. The van der Waals surface area contributed by atoms with Crippen LogP contribution in [0.5, 0.6) is 0 Å². The number of anilines is 1. The van der Waals surface area contributed by atoms with Gasteiger partial charge in [0.25, 0.3) is 0 Å². The van der Waals surface area contributed by atoms with Gasteiger partial charge in [0, 0.05) is 13.6 Å². The first kappa shape index (κ1) is 13.0. The lowest BCUT2D eigenvalue weighted by atomic mass is 10.1. The van der Waals surface area contributed by atoms with Gasteiger partial charge < -0.3 is 10.0 Å². The van der Waals surface area contributed by atoms with E-state index in [1.165, 1.54) is 0 Å². The summed E-state index contributed by atoms with van der Waals surface area (Å²) in [6.45, 7) is 7.35. The van der Waals surface area contributed by atoms with E-state index in [9.17, 15) is 5.11 Å². The standard InChI is InChI=1S/C13H22N2O/c1-5-13(16)12-7-6-11(8-14-12)15(4)9-10(2)3/h6-8,10,13,16H,5,9H2,1-4H3/t13-/m0/s1. The molecule has 0 amide bonds. The zero-order valence-electron chi connectivity index (χ0n) is 10.6. The van der Waals surface area contributed by atoms with Crippen LogP contribution >= 0.6 is 0 Å². The van der Waals surface area contributed by atoms with E-state index in [0.29, 0.717) is 12.3 Å². The number of nitrogens with zero attached hydrogens (tertiary/aromatic N) is 2. The zero-order chi connectivity index (χ0) is 12.1. The summed E-state index contributed by atoms with van der Waals surface area (Å²) in [5, 5.41) is 9.63. The molecule has 0 fully saturated rings. The molecule has 1 heterocycles. The molecule has 1 atom stereocenters. The van der Waals surface area contributed by atoms with E-state index >= 15 is 0 Å². The van der Waals surface area contributed by atoms with Crippen molar-refractivity contribution in [3.8, 4) is 0 Å². The summed E-state index contributed by atoms with van der Waals surface area (Å²) in [5.74, 6) is 0.630. The van der Waals surface area contributed by atoms with Crippen LogP contribution in [0, 0.1) is 5.92 Å². The molecule has 0 saturated carbocycles. The van der Waals surface area contributed by atoms with E-state index in [4.69, 9.17) is 0 Å². The minimum absolute atomic E-state index is 0.440. The fourth-order valence-corrected chi connectivity index (χ4v) is 1.68. The van der Waals surface area contributed by atoms with Crippen molar-refractivity contribution in [1.29, 1.82) is 0 Å². The van der Waals surface area contributed by atoms with Crippen molar-refractivity contribution in [3.05, 3.63) is 24.0 Å². The van der Waals surface area contributed by atoms with Crippen molar-refractivity contribution < 1.29 is 5.11 Å². The summed E-state index contributed by atoms with van der Waals surface area (Å²) in [5.41, 5.74) is 1.85. The molecule has 0 aliphatic rings. The average molecular weight is 222 g/mol. The van der Waals surface area contributed by atoms with Crippen LogP contribution in [0.1, 0.15) is 39.0 Å². The number of hydrogen-bond acceptors (Lipinski definition) is 3. The van der Waals surface area contributed by atoms with Gasteiger partial charge in [-0.05, 0) is 24.5 Å². The lowest BCUT2D eigenvalue weighted by Gasteiger charge is -2.21. The molecule has 16 heavy (non-hydrogen) atoms. The molecular formula is C13H22N2O. The fraction of sp³-hybridized carbons (Fsp3) is 0.615. The highest BCUT2D eigenvalue weighted by Gasteiger charge is 2.08. The highest BCUT2D eigenvalue weighted by Crippen LogP contribution is 2.18. The van der Waals surface area contributed by atoms with Crippen LogP contribution in [0.3, 0.4) is 0 Å².